The minimum Gasteiger partial charge on any atom is -0.384 e. The van der Waals surface area contributed by atoms with Gasteiger partial charge in [0.1, 0.15) is 5.82 Å². The first kappa shape index (κ1) is 10.4. The molecule has 0 bridgehead atoms. The molecule has 0 fully saturated rings. The summed E-state index contributed by atoms with van der Waals surface area (Å²) < 4.78 is 1.61. The lowest BCUT2D eigenvalue weighted by molar-refractivity contribution is 0.0993. The van der Waals surface area contributed by atoms with Gasteiger partial charge < -0.3 is 5.73 Å². The van der Waals surface area contributed by atoms with E-state index in [2.05, 4.69) is 10.1 Å². The van der Waals surface area contributed by atoms with Crippen LogP contribution in [-0.2, 0) is 13.5 Å². The van der Waals surface area contributed by atoms with Gasteiger partial charge in [-0.2, -0.15) is 5.10 Å². The normalized spacial score (nSPS) is 10.3. The number of anilines is 1. The van der Waals surface area contributed by atoms with E-state index in [1.807, 2.05) is 0 Å². The SMILES string of the molecule is Cn1cc(C(=O)Cc2ccnc(N)c2)cn1. The first-order valence-corrected chi connectivity index (χ1v) is 4.87. The first-order valence-electron chi connectivity index (χ1n) is 4.87. The maximum Gasteiger partial charge on any atom is 0.170 e. The van der Waals surface area contributed by atoms with Crippen LogP contribution in [-0.4, -0.2) is 20.5 Å². The molecule has 0 atom stereocenters. The van der Waals surface area contributed by atoms with Gasteiger partial charge in [-0.25, -0.2) is 4.98 Å². The molecule has 0 aromatic carbocycles. The van der Waals surface area contributed by atoms with Crippen LogP contribution in [0.3, 0.4) is 0 Å². The predicted molar refractivity (Wildman–Crippen MR) is 59.9 cm³/mol. The third-order valence-corrected chi connectivity index (χ3v) is 2.24. The Morgan fingerprint density at radius 3 is 3.00 bits per heavy atom. The molecule has 16 heavy (non-hydrogen) atoms. The van der Waals surface area contributed by atoms with E-state index in [0.29, 0.717) is 17.8 Å². The molecule has 5 heteroatoms. The molecule has 2 N–H and O–H groups in total. The van der Waals surface area contributed by atoms with E-state index in [1.165, 1.54) is 0 Å². The molecule has 0 radical (unpaired) electrons. The van der Waals surface area contributed by atoms with Crippen LogP contribution in [0.15, 0.2) is 30.7 Å². The second-order valence-corrected chi connectivity index (χ2v) is 3.59. The van der Waals surface area contributed by atoms with Gasteiger partial charge in [-0.15, -0.1) is 0 Å². The second kappa shape index (κ2) is 4.14. The van der Waals surface area contributed by atoms with Gasteiger partial charge in [-0.1, -0.05) is 0 Å². The Hall–Kier alpha value is -2.17. The Bertz CT molecular complexity index is 518. The molecule has 2 aromatic heterocycles. The number of hydrogen-bond donors (Lipinski definition) is 1. The van der Waals surface area contributed by atoms with Crippen LogP contribution < -0.4 is 5.73 Å². The Balaban J connectivity index is 2.13. The average molecular weight is 216 g/mol. The van der Waals surface area contributed by atoms with Crippen molar-refractivity contribution in [2.75, 3.05) is 5.73 Å². The molecular weight excluding hydrogens is 204 g/mol. The van der Waals surface area contributed by atoms with Gasteiger partial charge in [0.2, 0.25) is 0 Å². The molecule has 0 amide bonds. The quantitative estimate of drug-likeness (QED) is 0.771. The highest BCUT2D eigenvalue weighted by atomic mass is 16.1. The topological polar surface area (TPSA) is 73.8 Å². The number of nitrogens with zero attached hydrogens (tertiary/aromatic N) is 3. The highest BCUT2D eigenvalue weighted by Crippen LogP contribution is 2.08. The standard InChI is InChI=1S/C11H12N4O/c1-15-7-9(6-14-15)10(16)4-8-2-3-13-11(12)5-8/h2-3,5-7H,4H2,1H3,(H2,12,13). The van der Waals surface area contributed by atoms with Crippen molar-refractivity contribution in [3.05, 3.63) is 41.9 Å². The summed E-state index contributed by atoms with van der Waals surface area (Å²) in [5.41, 5.74) is 7.01. The van der Waals surface area contributed by atoms with Crippen LogP contribution in [0.4, 0.5) is 5.82 Å². The zero-order valence-electron chi connectivity index (χ0n) is 8.92. The number of carbonyl (C=O) groups excluding carboxylic acids is 1. The molecule has 0 aliphatic heterocycles. The molecule has 0 saturated carbocycles. The van der Waals surface area contributed by atoms with Crippen molar-refractivity contribution in [1.82, 2.24) is 14.8 Å². The Morgan fingerprint density at radius 2 is 2.38 bits per heavy atom. The second-order valence-electron chi connectivity index (χ2n) is 3.59. The van der Waals surface area contributed by atoms with Crippen molar-refractivity contribution in [3.8, 4) is 0 Å². The summed E-state index contributed by atoms with van der Waals surface area (Å²) in [4.78, 5) is 15.7. The maximum absolute atomic E-state index is 11.8. The fourth-order valence-corrected chi connectivity index (χ4v) is 1.46. The molecule has 2 heterocycles. The van der Waals surface area contributed by atoms with Crippen molar-refractivity contribution in [1.29, 1.82) is 0 Å². The van der Waals surface area contributed by atoms with E-state index < -0.39 is 0 Å². The number of ketones is 1. The van der Waals surface area contributed by atoms with Gasteiger partial charge in [0.15, 0.2) is 5.78 Å². The number of aromatic nitrogens is 3. The lowest BCUT2D eigenvalue weighted by atomic mass is 10.1. The minimum absolute atomic E-state index is 0.0266. The van der Waals surface area contributed by atoms with E-state index >= 15 is 0 Å². The summed E-state index contributed by atoms with van der Waals surface area (Å²) in [6.45, 7) is 0. The van der Waals surface area contributed by atoms with Gasteiger partial charge in [0, 0.05) is 25.9 Å². The summed E-state index contributed by atoms with van der Waals surface area (Å²) in [6, 6.07) is 3.49. The van der Waals surface area contributed by atoms with Crippen molar-refractivity contribution in [2.45, 2.75) is 6.42 Å². The van der Waals surface area contributed by atoms with Crippen LogP contribution in [0.5, 0.6) is 0 Å². The van der Waals surface area contributed by atoms with Crippen LogP contribution in [0.25, 0.3) is 0 Å². The molecule has 2 aromatic rings. The number of pyridine rings is 1. The van der Waals surface area contributed by atoms with Gasteiger partial charge in [0.25, 0.3) is 0 Å². The Morgan fingerprint density at radius 1 is 1.56 bits per heavy atom. The van der Waals surface area contributed by atoms with Gasteiger partial charge in [0.05, 0.1) is 11.8 Å². The fraction of sp³-hybridized carbons (Fsp3) is 0.182. The number of rotatable bonds is 3. The van der Waals surface area contributed by atoms with Crippen molar-refractivity contribution >= 4 is 11.6 Å². The fourth-order valence-electron chi connectivity index (χ4n) is 1.46. The summed E-state index contributed by atoms with van der Waals surface area (Å²) in [5, 5.41) is 3.96. The zero-order valence-corrected chi connectivity index (χ0v) is 8.92. The molecule has 0 aliphatic rings. The van der Waals surface area contributed by atoms with Crippen LogP contribution in [0.2, 0.25) is 0 Å². The summed E-state index contributed by atoms with van der Waals surface area (Å²) in [6.07, 6.45) is 5.18. The molecule has 2 rings (SSSR count). The Kier molecular flexibility index (Phi) is 2.68. The largest absolute Gasteiger partial charge is 0.384 e. The van der Waals surface area contributed by atoms with E-state index in [0.717, 1.165) is 5.56 Å². The molecule has 0 unspecified atom stereocenters. The summed E-state index contributed by atoms with van der Waals surface area (Å²) in [7, 11) is 1.78. The monoisotopic (exact) mass is 216 g/mol. The lowest BCUT2D eigenvalue weighted by Crippen LogP contribution is -2.03. The Labute approximate surface area is 92.9 Å². The lowest BCUT2D eigenvalue weighted by Gasteiger charge is -1.99. The average Bonchev–Trinajstić information content (AvgIpc) is 2.65. The molecule has 5 nitrogen and oxygen atoms in total. The van der Waals surface area contributed by atoms with Crippen molar-refractivity contribution < 1.29 is 4.79 Å². The van der Waals surface area contributed by atoms with Gasteiger partial charge in [-0.3, -0.25) is 9.48 Å². The van der Waals surface area contributed by atoms with Crippen molar-refractivity contribution in [3.63, 3.8) is 0 Å². The van der Waals surface area contributed by atoms with Crippen molar-refractivity contribution in [2.24, 2.45) is 7.05 Å². The van der Waals surface area contributed by atoms with E-state index in [-0.39, 0.29) is 5.78 Å². The van der Waals surface area contributed by atoms with Gasteiger partial charge in [-0.05, 0) is 17.7 Å². The van der Waals surface area contributed by atoms with E-state index in [1.54, 1.807) is 42.5 Å². The molecule has 0 saturated heterocycles. The first-order chi connectivity index (χ1) is 7.65. The number of aryl methyl sites for hydroxylation is 1. The highest BCUT2D eigenvalue weighted by molar-refractivity contribution is 5.97. The van der Waals surface area contributed by atoms with Gasteiger partial charge >= 0.3 is 0 Å². The third-order valence-electron chi connectivity index (χ3n) is 2.24. The summed E-state index contributed by atoms with van der Waals surface area (Å²) >= 11 is 0. The smallest absolute Gasteiger partial charge is 0.170 e. The molecule has 0 spiro atoms. The van der Waals surface area contributed by atoms with Crippen LogP contribution in [0, 0.1) is 0 Å². The number of carbonyl (C=O) groups is 1. The molecule has 82 valence electrons. The van der Waals surface area contributed by atoms with E-state index in [9.17, 15) is 4.79 Å². The number of nitrogens with two attached hydrogens (primary N) is 1. The van der Waals surface area contributed by atoms with Crippen LogP contribution in [0.1, 0.15) is 15.9 Å². The number of Topliss-reactive ketones (excluding diaryl/α,β-unsaturated/α-hetero) is 1. The third kappa shape index (κ3) is 2.25. The number of nitrogen functional groups attached to an aromatic ring is 1. The number of hydrogen-bond acceptors (Lipinski definition) is 4. The predicted octanol–water partition coefficient (Wildman–Crippen LogP) is 0.823. The van der Waals surface area contributed by atoms with Crippen LogP contribution >= 0.6 is 0 Å². The molecule has 0 aliphatic carbocycles. The zero-order chi connectivity index (χ0) is 11.5. The highest BCUT2D eigenvalue weighted by Gasteiger charge is 2.09. The minimum atomic E-state index is 0.0266. The molecular formula is C11H12N4O. The maximum atomic E-state index is 11.8. The van der Waals surface area contributed by atoms with E-state index in [4.69, 9.17) is 5.73 Å². The summed E-state index contributed by atoms with van der Waals surface area (Å²) in [5.74, 6) is 0.454.